The molecule has 4 nitrogen and oxygen atoms in total. The number of halogens is 1. The van der Waals surface area contributed by atoms with Crippen LogP contribution in [0.15, 0.2) is 42.5 Å². The van der Waals surface area contributed by atoms with Gasteiger partial charge in [0.25, 0.3) is 5.91 Å². The largest absolute Gasteiger partial charge is 0.365 e. The molecular formula is C25H26ClN3O. The molecule has 1 amide bonds. The lowest BCUT2D eigenvalue weighted by atomic mass is 10.1. The molecule has 0 spiro atoms. The van der Waals surface area contributed by atoms with Crippen LogP contribution in [0.5, 0.6) is 0 Å². The molecule has 5 heteroatoms. The molecule has 2 aromatic carbocycles. The maximum absolute atomic E-state index is 13.2. The molecule has 1 aromatic heterocycles. The Morgan fingerprint density at radius 2 is 1.90 bits per heavy atom. The van der Waals surface area contributed by atoms with Gasteiger partial charge in [-0.15, -0.1) is 0 Å². The molecule has 1 atom stereocenters. The zero-order valence-corrected chi connectivity index (χ0v) is 18.2. The van der Waals surface area contributed by atoms with Crippen molar-refractivity contribution in [3.63, 3.8) is 0 Å². The van der Waals surface area contributed by atoms with Gasteiger partial charge >= 0.3 is 0 Å². The first-order chi connectivity index (χ1) is 14.5. The number of fused-ring (bicyclic) bond motifs is 2. The highest BCUT2D eigenvalue weighted by atomic mass is 35.5. The van der Waals surface area contributed by atoms with Gasteiger partial charge in [-0.25, -0.2) is 0 Å². The number of pyridine rings is 1. The van der Waals surface area contributed by atoms with E-state index in [-0.39, 0.29) is 11.9 Å². The molecule has 1 aliphatic carbocycles. The molecule has 1 fully saturated rings. The Hall–Kier alpha value is -2.59. The van der Waals surface area contributed by atoms with E-state index >= 15 is 0 Å². The van der Waals surface area contributed by atoms with E-state index in [0.717, 1.165) is 47.4 Å². The lowest BCUT2D eigenvalue weighted by Gasteiger charge is -2.41. The number of carbonyl (C=O) groups excluding carboxylic acids is 1. The van der Waals surface area contributed by atoms with E-state index in [1.54, 1.807) is 0 Å². The van der Waals surface area contributed by atoms with Gasteiger partial charge < -0.3 is 9.80 Å². The van der Waals surface area contributed by atoms with Crippen LogP contribution in [0.4, 0.5) is 5.69 Å². The third kappa shape index (κ3) is 3.33. The molecule has 2 heterocycles. The van der Waals surface area contributed by atoms with Crippen molar-refractivity contribution in [3.05, 3.63) is 69.9 Å². The van der Waals surface area contributed by atoms with Gasteiger partial charge in [-0.1, -0.05) is 35.4 Å². The average Bonchev–Trinajstić information content (AvgIpc) is 3.22. The molecule has 0 N–H and O–H groups in total. The maximum Gasteiger partial charge on any atom is 0.254 e. The van der Waals surface area contributed by atoms with Gasteiger partial charge in [-0.05, 0) is 62.9 Å². The number of benzene rings is 2. The van der Waals surface area contributed by atoms with Crippen LogP contribution in [-0.4, -0.2) is 41.5 Å². The van der Waals surface area contributed by atoms with E-state index in [9.17, 15) is 4.79 Å². The maximum atomic E-state index is 13.2. The number of hydrogen-bond acceptors (Lipinski definition) is 3. The van der Waals surface area contributed by atoms with E-state index in [2.05, 4.69) is 43.0 Å². The Morgan fingerprint density at radius 1 is 1.10 bits per heavy atom. The Balaban J connectivity index is 1.37. The number of nitrogens with zero attached hydrogens (tertiary/aromatic N) is 3. The van der Waals surface area contributed by atoms with Crippen molar-refractivity contribution in [1.29, 1.82) is 0 Å². The van der Waals surface area contributed by atoms with Crippen molar-refractivity contribution >= 4 is 34.1 Å². The predicted octanol–water partition coefficient (Wildman–Crippen LogP) is 5.04. The van der Waals surface area contributed by atoms with Crippen molar-refractivity contribution in [2.75, 3.05) is 24.5 Å². The number of aryl methyl sites for hydroxylation is 2. The summed E-state index contributed by atoms with van der Waals surface area (Å²) in [6.07, 6.45) is 3.08. The second-order valence-corrected chi connectivity index (χ2v) is 8.94. The smallest absolute Gasteiger partial charge is 0.254 e. The van der Waals surface area contributed by atoms with E-state index in [4.69, 9.17) is 16.6 Å². The minimum Gasteiger partial charge on any atom is -0.365 e. The fourth-order valence-corrected chi connectivity index (χ4v) is 5.15. The number of rotatable bonds is 2. The number of piperazine rings is 1. The van der Waals surface area contributed by atoms with Crippen LogP contribution >= 0.6 is 11.6 Å². The van der Waals surface area contributed by atoms with E-state index in [1.807, 2.05) is 23.1 Å². The monoisotopic (exact) mass is 419 g/mol. The lowest BCUT2D eigenvalue weighted by Crippen LogP contribution is -2.53. The second kappa shape index (κ2) is 7.59. The van der Waals surface area contributed by atoms with Crippen LogP contribution in [0.1, 0.15) is 40.5 Å². The summed E-state index contributed by atoms with van der Waals surface area (Å²) in [7, 11) is 0. The molecule has 0 bridgehead atoms. The molecule has 5 rings (SSSR count). The number of hydrogen-bond donors (Lipinski definition) is 0. The van der Waals surface area contributed by atoms with Gasteiger partial charge in [0.05, 0.1) is 10.5 Å². The van der Waals surface area contributed by atoms with E-state index in [1.165, 1.54) is 16.8 Å². The van der Waals surface area contributed by atoms with E-state index < -0.39 is 0 Å². The average molecular weight is 420 g/mol. The third-order valence-corrected chi connectivity index (χ3v) is 6.90. The summed E-state index contributed by atoms with van der Waals surface area (Å²) >= 11 is 6.63. The Morgan fingerprint density at radius 3 is 2.67 bits per heavy atom. The normalized spacial score (nSPS) is 18.7. The second-order valence-electron chi connectivity index (χ2n) is 8.57. The summed E-state index contributed by atoms with van der Waals surface area (Å²) in [5.41, 5.74) is 6.29. The zero-order chi connectivity index (χ0) is 20.8. The summed E-state index contributed by atoms with van der Waals surface area (Å²) in [6.45, 7) is 6.55. The van der Waals surface area contributed by atoms with Crippen molar-refractivity contribution < 1.29 is 4.79 Å². The number of aromatic nitrogens is 1. The minimum absolute atomic E-state index is 0.0747. The standard InChI is InChI=1S/C25H26ClN3O/c1-16-6-9-19(10-7-16)29-13-12-28(15-17(29)2)25(30)18-8-11-21-23(14-18)27-22-5-3-4-20(22)24(21)26/h6-11,14,17H,3-5,12-13,15H2,1-2H3. The minimum atomic E-state index is 0.0747. The van der Waals surface area contributed by atoms with Crippen LogP contribution in [-0.2, 0) is 12.8 Å². The Bertz CT molecular complexity index is 1130. The van der Waals surface area contributed by atoms with Gasteiger partial charge in [0, 0.05) is 48.0 Å². The molecule has 0 saturated carbocycles. The quantitative estimate of drug-likeness (QED) is 0.584. The van der Waals surface area contributed by atoms with Crippen molar-refractivity contribution in [3.8, 4) is 0 Å². The molecule has 1 unspecified atom stereocenters. The molecule has 2 aliphatic rings. The van der Waals surface area contributed by atoms with Crippen LogP contribution in [0.25, 0.3) is 10.9 Å². The summed E-state index contributed by atoms with van der Waals surface area (Å²) in [6, 6.07) is 14.7. The van der Waals surface area contributed by atoms with Gasteiger partial charge in [0.15, 0.2) is 0 Å². The molecule has 1 aliphatic heterocycles. The molecule has 3 aromatic rings. The van der Waals surface area contributed by atoms with Gasteiger partial charge in [-0.3, -0.25) is 9.78 Å². The highest BCUT2D eigenvalue weighted by Crippen LogP contribution is 2.34. The first-order valence-electron chi connectivity index (χ1n) is 10.7. The van der Waals surface area contributed by atoms with Gasteiger partial charge in [0.1, 0.15) is 0 Å². The fourth-order valence-electron chi connectivity index (χ4n) is 4.78. The van der Waals surface area contributed by atoms with Gasteiger partial charge in [-0.2, -0.15) is 0 Å². The topological polar surface area (TPSA) is 36.4 Å². The Labute approximate surface area is 182 Å². The first-order valence-corrected chi connectivity index (χ1v) is 11.1. The van der Waals surface area contributed by atoms with Crippen LogP contribution in [0, 0.1) is 6.92 Å². The Kier molecular flexibility index (Phi) is 4.90. The van der Waals surface area contributed by atoms with Crippen molar-refractivity contribution in [1.82, 2.24) is 9.88 Å². The van der Waals surface area contributed by atoms with Gasteiger partial charge in [0.2, 0.25) is 0 Å². The highest BCUT2D eigenvalue weighted by molar-refractivity contribution is 6.36. The summed E-state index contributed by atoms with van der Waals surface area (Å²) < 4.78 is 0. The lowest BCUT2D eigenvalue weighted by molar-refractivity contribution is 0.0726. The molecule has 1 saturated heterocycles. The number of amides is 1. The molecule has 154 valence electrons. The van der Waals surface area contributed by atoms with Crippen LogP contribution in [0.2, 0.25) is 5.02 Å². The predicted molar refractivity (Wildman–Crippen MR) is 123 cm³/mol. The fraction of sp³-hybridized carbons (Fsp3) is 0.360. The third-order valence-electron chi connectivity index (χ3n) is 6.47. The van der Waals surface area contributed by atoms with Crippen LogP contribution in [0.3, 0.4) is 0 Å². The summed E-state index contributed by atoms with van der Waals surface area (Å²) in [4.78, 5) is 22.4. The zero-order valence-electron chi connectivity index (χ0n) is 17.5. The summed E-state index contributed by atoms with van der Waals surface area (Å²) in [5.74, 6) is 0.0747. The molecule has 0 radical (unpaired) electrons. The molecule has 30 heavy (non-hydrogen) atoms. The SMILES string of the molecule is Cc1ccc(N2CCN(C(=O)c3ccc4c(Cl)c5c(nc4c3)CCC5)CC2C)cc1. The van der Waals surface area contributed by atoms with Crippen molar-refractivity contribution in [2.45, 2.75) is 39.2 Å². The van der Waals surface area contributed by atoms with Crippen LogP contribution < -0.4 is 4.90 Å². The van der Waals surface area contributed by atoms with Crippen molar-refractivity contribution in [2.24, 2.45) is 0 Å². The van der Waals surface area contributed by atoms with E-state index in [0.29, 0.717) is 18.7 Å². The first kappa shape index (κ1) is 19.4. The molecular weight excluding hydrogens is 394 g/mol. The number of carbonyl (C=O) groups is 1. The summed E-state index contributed by atoms with van der Waals surface area (Å²) in [5, 5.41) is 1.76. The number of anilines is 1. The highest BCUT2D eigenvalue weighted by Gasteiger charge is 2.28.